The number of allylic oxidation sites excluding steroid dienone is 10. The molecular weight excluding hydrogens is 1050 g/mol. The minimum absolute atomic E-state index is 0.145. The van der Waals surface area contributed by atoms with Gasteiger partial charge in [0.15, 0.2) is 12.4 Å². The molecule has 2 unspecified atom stereocenters. The minimum Gasteiger partial charge on any atom is -0.545 e. The van der Waals surface area contributed by atoms with Crippen LogP contribution in [0.15, 0.2) is 60.8 Å². The molecule has 0 rings (SSSR count). The highest BCUT2D eigenvalue weighted by Crippen LogP contribution is 2.19. The molecule has 0 N–H and O–H groups in total. The summed E-state index contributed by atoms with van der Waals surface area (Å²) in [4.78, 5) is 37.5. The first kappa shape index (κ1) is 82.0. The van der Waals surface area contributed by atoms with Crippen LogP contribution in [0.25, 0.3) is 0 Å². The van der Waals surface area contributed by atoms with Crippen LogP contribution in [-0.4, -0.2) is 82.3 Å². The van der Waals surface area contributed by atoms with E-state index in [0.717, 1.165) is 77.0 Å². The number of carbonyl (C=O) groups excluding carboxylic acids is 3. The number of quaternary nitrogens is 1. The van der Waals surface area contributed by atoms with Crippen LogP contribution in [0.4, 0.5) is 0 Å². The number of likely N-dealkylation sites (N-methyl/N-ethyl adjacent to an activating group) is 1. The van der Waals surface area contributed by atoms with Gasteiger partial charge in [0.05, 0.1) is 40.3 Å². The number of rotatable bonds is 68. The van der Waals surface area contributed by atoms with Crippen LogP contribution in [0.3, 0.4) is 0 Å². The maximum atomic E-state index is 12.9. The van der Waals surface area contributed by atoms with Crippen molar-refractivity contribution in [1.82, 2.24) is 0 Å². The largest absolute Gasteiger partial charge is 0.545 e. The number of ether oxygens (including phenoxy) is 4. The lowest BCUT2D eigenvalue weighted by atomic mass is 10.0. The maximum absolute atomic E-state index is 12.9. The molecule has 496 valence electrons. The van der Waals surface area contributed by atoms with Gasteiger partial charge in [-0.2, -0.15) is 0 Å². The highest BCUT2D eigenvalue weighted by atomic mass is 16.7. The molecule has 0 aromatic carbocycles. The van der Waals surface area contributed by atoms with E-state index in [4.69, 9.17) is 18.9 Å². The number of aliphatic carboxylic acids is 1. The molecule has 0 amide bonds. The number of carboxylic acids is 1. The average Bonchev–Trinajstić information content (AvgIpc) is 3.49. The van der Waals surface area contributed by atoms with Gasteiger partial charge in [0, 0.05) is 12.8 Å². The molecule has 0 fully saturated rings. The molecule has 85 heavy (non-hydrogen) atoms. The van der Waals surface area contributed by atoms with Crippen LogP contribution in [-0.2, 0) is 33.3 Å². The lowest BCUT2D eigenvalue weighted by molar-refractivity contribution is -0.870. The van der Waals surface area contributed by atoms with E-state index in [9.17, 15) is 19.5 Å². The fourth-order valence-electron chi connectivity index (χ4n) is 10.7. The number of esters is 2. The van der Waals surface area contributed by atoms with E-state index in [-0.39, 0.29) is 32.2 Å². The second kappa shape index (κ2) is 66.9. The Kier molecular flexibility index (Phi) is 64.6. The molecule has 0 aliphatic heterocycles. The van der Waals surface area contributed by atoms with Gasteiger partial charge in [-0.25, -0.2) is 0 Å². The normalized spacial score (nSPS) is 13.0. The lowest BCUT2D eigenvalue weighted by Gasteiger charge is -2.26. The third-order valence-electron chi connectivity index (χ3n) is 16.3. The van der Waals surface area contributed by atoms with E-state index in [2.05, 4.69) is 74.6 Å². The number of hydrogen-bond donors (Lipinski definition) is 0. The van der Waals surface area contributed by atoms with Crippen LogP contribution in [0.5, 0.6) is 0 Å². The van der Waals surface area contributed by atoms with Crippen molar-refractivity contribution in [2.24, 2.45) is 0 Å². The summed E-state index contributed by atoms with van der Waals surface area (Å²) in [6.07, 6.45) is 84.8. The highest BCUT2D eigenvalue weighted by Gasteiger charge is 2.22. The summed E-state index contributed by atoms with van der Waals surface area (Å²) in [7, 11) is 5.93. The summed E-state index contributed by atoms with van der Waals surface area (Å²) in [6.45, 7) is 4.67. The second-order valence-corrected chi connectivity index (χ2v) is 25.9. The average molecular weight is 1190 g/mol. The Morgan fingerprint density at radius 2 is 0.671 bits per heavy atom. The third-order valence-corrected chi connectivity index (χ3v) is 16.3. The zero-order chi connectivity index (χ0) is 61.9. The van der Waals surface area contributed by atoms with E-state index < -0.39 is 24.3 Å². The van der Waals surface area contributed by atoms with Crippen LogP contribution in [0, 0.1) is 0 Å². The standard InChI is InChI=1S/C76H139NO8/c1-6-8-10-12-14-16-18-20-22-24-26-28-30-31-32-33-34-35-36-37-38-39-40-41-42-43-45-46-48-50-52-54-56-58-60-62-64-66-73(78)83-70-72(71-84-76(75(80)81)82-69-68-77(3,4)5)85-74(79)67-65-63-61-59-57-55-53-51-49-47-44-29-27-25-23-21-19-17-15-13-11-9-7-2/h9,11,15,17,21,23,27,29,47,49,72,76H,6-8,10,12-14,16,18-20,22,24-26,28,30-46,48,50-71H2,1-5H3/b11-9-,17-15-,23-21-,29-27-,49-47-. The van der Waals surface area contributed by atoms with Gasteiger partial charge in [0.25, 0.3) is 0 Å². The zero-order valence-corrected chi connectivity index (χ0v) is 56.7. The molecular formula is C76H139NO8. The summed E-state index contributed by atoms with van der Waals surface area (Å²) in [5.41, 5.74) is 0. The van der Waals surface area contributed by atoms with Crippen molar-refractivity contribution in [3.63, 3.8) is 0 Å². The van der Waals surface area contributed by atoms with Gasteiger partial charge in [0.2, 0.25) is 0 Å². The quantitative estimate of drug-likeness (QED) is 0.0195. The van der Waals surface area contributed by atoms with Crippen LogP contribution in [0.2, 0.25) is 0 Å². The fraction of sp³-hybridized carbons (Fsp3) is 0.829. The van der Waals surface area contributed by atoms with Crippen molar-refractivity contribution in [3.8, 4) is 0 Å². The van der Waals surface area contributed by atoms with Crippen LogP contribution < -0.4 is 5.11 Å². The second-order valence-electron chi connectivity index (χ2n) is 25.9. The topological polar surface area (TPSA) is 111 Å². The van der Waals surface area contributed by atoms with Gasteiger partial charge in [-0.05, 0) is 57.8 Å². The Balaban J connectivity index is 4.00. The van der Waals surface area contributed by atoms with Gasteiger partial charge in [-0.1, -0.05) is 338 Å². The predicted octanol–water partition coefficient (Wildman–Crippen LogP) is 21.4. The minimum atomic E-state index is -1.63. The van der Waals surface area contributed by atoms with Crippen molar-refractivity contribution in [2.45, 2.75) is 360 Å². The smallest absolute Gasteiger partial charge is 0.306 e. The Hall–Kier alpha value is -3.01. The summed E-state index contributed by atoms with van der Waals surface area (Å²) in [5.74, 6) is -2.28. The molecule has 2 atom stereocenters. The van der Waals surface area contributed by atoms with E-state index in [0.29, 0.717) is 23.9 Å². The predicted molar refractivity (Wildman–Crippen MR) is 362 cm³/mol. The number of carboxylic acid groups (broad SMARTS) is 1. The number of unbranched alkanes of at least 4 members (excludes halogenated alkanes) is 43. The Morgan fingerprint density at radius 3 is 1.00 bits per heavy atom. The monoisotopic (exact) mass is 1190 g/mol. The molecule has 0 heterocycles. The summed E-state index contributed by atoms with van der Waals surface area (Å²) < 4.78 is 22.8. The number of nitrogens with zero attached hydrogens (tertiary/aromatic N) is 1. The summed E-state index contributed by atoms with van der Waals surface area (Å²) in [5, 5.41) is 11.8. The first-order valence-electron chi connectivity index (χ1n) is 36.4. The lowest BCUT2D eigenvalue weighted by Crippen LogP contribution is -2.44. The zero-order valence-electron chi connectivity index (χ0n) is 56.7. The van der Waals surface area contributed by atoms with Crippen LogP contribution >= 0.6 is 0 Å². The van der Waals surface area contributed by atoms with Crippen LogP contribution in [0.1, 0.15) is 348 Å². The van der Waals surface area contributed by atoms with E-state index in [1.165, 1.54) is 238 Å². The molecule has 0 radical (unpaired) electrons. The maximum Gasteiger partial charge on any atom is 0.306 e. The molecule has 9 heteroatoms. The molecule has 9 nitrogen and oxygen atoms in total. The van der Waals surface area contributed by atoms with Gasteiger partial charge in [-0.3, -0.25) is 9.59 Å². The molecule has 0 bridgehead atoms. The SMILES string of the molecule is CC/C=C\C/C=C\C/C=C\C/C=C\C/C=C\CCCCCCCCCC(=O)OC(COC(=O)CCCCCCCCCCCCCCCCCCCCCCCCCCCCCCCCCCCCCCC)COC(OCC[N+](C)(C)C)C(=O)[O-]. The van der Waals surface area contributed by atoms with Gasteiger partial charge in [0.1, 0.15) is 13.2 Å². The fourth-order valence-corrected chi connectivity index (χ4v) is 10.7. The first-order chi connectivity index (χ1) is 41.6. The van der Waals surface area contributed by atoms with E-state index in [1.807, 2.05) is 21.1 Å². The number of carbonyl (C=O) groups is 3. The van der Waals surface area contributed by atoms with Crippen molar-refractivity contribution in [1.29, 1.82) is 0 Å². The van der Waals surface area contributed by atoms with Crippen molar-refractivity contribution >= 4 is 17.9 Å². The molecule has 0 aliphatic carbocycles. The molecule has 0 aliphatic rings. The molecule has 0 saturated carbocycles. The Labute approximate surface area is 526 Å². The Morgan fingerprint density at radius 1 is 0.365 bits per heavy atom. The molecule has 0 aromatic rings. The molecule has 0 saturated heterocycles. The molecule has 0 aromatic heterocycles. The summed E-state index contributed by atoms with van der Waals surface area (Å²) >= 11 is 0. The number of hydrogen-bond acceptors (Lipinski definition) is 8. The van der Waals surface area contributed by atoms with Gasteiger partial charge in [-0.15, -0.1) is 0 Å². The van der Waals surface area contributed by atoms with E-state index in [1.54, 1.807) is 0 Å². The Bertz CT molecular complexity index is 1580. The highest BCUT2D eigenvalue weighted by molar-refractivity contribution is 5.70. The van der Waals surface area contributed by atoms with Gasteiger partial charge >= 0.3 is 11.9 Å². The molecule has 0 spiro atoms. The van der Waals surface area contributed by atoms with E-state index >= 15 is 0 Å². The first-order valence-corrected chi connectivity index (χ1v) is 36.4. The third kappa shape index (κ3) is 68.3. The summed E-state index contributed by atoms with van der Waals surface area (Å²) in [6, 6.07) is 0. The van der Waals surface area contributed by atoms with Crippen molar-refractivity contribution in [2.75, 3.05) is 47.5 Å². The van der Waals surface area contributed by atoms with Gasteiger partial charge < -0.3 is 33.3 Å². The van der Waals surface area contributed by atoms with Crippen molar-refractivity contribution in [3.05, 3.63) is 60.8 Å². The van der Waals surface area contributed by atoms with Crippen molar-refractivity contribution < 1.29 is 42.9 Å².